The molecule has 1 aromatic rings. The Kier molecular flexibility index (Phi) is 3.07. The normalized spacial score (nSPS) is 37.9. The van der Waals surface area contributed by atoms with Crippen LogP contribution in [0.25, 0.3) is 0 Å². The highest BCUT2D eigenvalue weighted by molar-refractivity contribution is 7.99. The zero-order chi connectivity index (χ0) is 13.6. The van der Waals surface area contributed by atoms with Crippen molar-refractivity contribution in [1.82, 2.24) is 0 Å². The SMILES string of the molecule is N#Cc1ccc(CSC23CC4CC(CC(C4)C2)C3)cc1. The Morgan fingerprint density at radius 1 is 1.00 bits per heavy atom. The van der Waals surface area contributed by atoms with Crippen molar-refractivity contribution in [3.8, 4) is 6.07 Å². The van der Waals surface area contributed by atoms with Crippen LogP contribution in [0.2, 0.25) is 0 Å². The second-order valence-corrected chi connectivity index (χ2v) is 8.64. The minimum atomic E-state index is 0.600. The molecule has 0 unspecified atom stereocenters. The predicted molar refractivity (Wildman–Crippen MR) is 83.4 cm³/mol. The lowest BCUT2D eigenvalue weighted by molar-refractivity contribution is 0.0383. The number of nitrogens with zero attached hydrogens (tertiary/aromatic N) is 1. The number of hydrogen-bond acceptors (Lipinski definition) is 2. The molecule has 20 heavy (non-hydrogen) atoms. The Morgan fingerprint density at radius 2 is 1.55 bits per heavy atom. The molecule has 0 aromatic heterocycles. The van der Waals surface area contributed by atoms with E-state index in [1.807, 2.05) is 12.1 Å². The van der Waals surface area contributed by atoms with Gasteiger partial charge in [0.25, 0.3) is 0 Å². The van der Waals surface area contributed by atoms with Crippen LogP contribution < -0.4 is 0 Å². The quantitative estimate of drug-likeness (QED) is 0.798. The lowest BCUT2D eigenvalue weighted by Crippen LogP contribution is -2.48. The summed E-state index contributed by atoms with van der Waals surface area (Å²) in [6.07, 6.45) is 8.99. The minimum absolute atomic E-state index is 0.600. The summed E-state index contributed by atoms with van der Waals surface area (Å²) in [5.41, 5.74) is 2.15. The second kappa shape index (κ2) is 4.81. The summed E-state index contributed by atoms with van der Waals surface area (Å²) in [4.78, 5) is 0. The first-order valence-corrected chi connectivity index (χ1v) is 8.86. The first-order valence-electron chi connectivity index (χ1n) is 7.88. The summed E-state index contributed by atoms with van der Waals surface area (Å²) in [6, 6.07) is 10.4. The molecule has 4 aliphatic carbocycles. The van der Waals surface area contributed by atoms with Crippen molar-refractivity contribution in [3.05, 3.63) is 35.4 Å². The molecule has 0 N–H and O–H groups in total. The minimum Gasteiger partial charge on any atom is -0.192 e. The number of rotatable bonds is 3. The van der Waals surface area contributed by atoms with Crippen LogP contribution in [0.5, 0.6) is 0 Å². The maximum absolute atomic E-state index is 8.86. The van der Waals surface area contributed by atoms with Gasteiger partial charge in [0.05, 0.1) is 11.6 Å². The molecule has 104 valence electrons. The Balaban J connectivity index is 1.45. The van der Waals surface area contributed by atoms with Crippen molar-refractivity contribution in [2.45, 2.75) is 49.0 Å². The van der Waals surface area contributed by atoms with Gasteiger partial charge in [0.1, 0.15) is 0 Å². The predicted octanol–water partition coefficient (Wildman–Crippen LogP) is 4.76. The van der Waals surface area contributed by atoms with Gasteiger partial charge in [-0.25, -0.2) is 0 Å². The van der Waals surface area contributed by atoms with Crippen LogP contribution in [-0.2, 0) is 5.75 Å². The molecule has 0 atom stereocenters. The average Bonchev–Trinajstić information content (AvgIpc) is 2.44. The van der Waals surface area contributed by atoms with Gasteiger partial charge >= 0.3 is 0 Å². The zero-order valence-electron chi connectivity index (χ0n) is 11.8. The molecule has 0 aliphatic heterocycles. The van der Waals surface area contributed by atoms with Gasteiger partial charge in [-0.15, -0.1) is 0 Å². The topological polar surface area (TPSA) is 23.8 Å². The third-order valence-electron chi connectivity index (χ3n) is 5.61. The van der Waals surface area contributed by atoms with Crippen LogP contribution in [0.3, 0.4) is 0 Å². The van der Waals surface area contributed by atoms with Gasteiger partial charge in [0.2, 0.25) is 0 Å². The van der Waals surface area contributed by atoms with Gasteiger partial charge in [-0.2, -0.15) is 17.0 Å². The van der Waals surface area contributed by atoms with Crippen molar-refractivity contribution in [2.24, 2.45) is 17.8 Å². The Morgan fingerprint density at radius 3 is 2.05 bits per heavy atom. The molecule has 2 heteroatoms. The van der Waals surface area contributed by atoms with Gasteiger partial charge in [0, 0.05) is 10.5 Å². The molecule has 1 aromatic carbocycles. The standard InChI is InChI=1S/C18H21NS/c19-11-13-1-3-14(4-2-13)12-20-18-8-15-5-16(9-18)7-17(6-15)10-18/h1-4,15-17H,5-10,12H2. The zero-order valence-corrected chi connectivity index (χ0v) is 12.7. The first kappa shape index (κ1) is 12.8. The molecule has 0 amide bonds. The van der Waals surface area contributed by atoms with Crippen LogP contribution in [0.15, 0.2) is 24.3 Å². The molecule has 0 spiro atoms. The van der Waals surface area contributed by atoms with Crippen molar-refractivity contribution in [2.75, 3.05) is 0 Å². The van der Waals surface area contributed by atoms with Gasteiger partial charge in [-0.3, -0.25) is 0 Å². The van der Waals surface area contributed by atoms with E-state index in [9.17, 15) is 0 Å². The number of thioether (sulfide) groups is 1. The molecule has 4 saturated carbocycles. The number of benzene rings is 1. The molecule has 1 nitrogen and oxygen atoms in total. The van der Waals surface area contributed by atoms with E-state index in [4.69, 9.17) is 5.26 Å². The highest BCUT2D eigenvalue weighted by atomic mass is 32.2. The van der Waals surface area contributed by atoms with Gasteiger partial charge < -0.3 is 0 Å². The highest BCUT2D eigenvalue weighted by Gasteiger charge is 2.50. The third-order valence-corrected chi connectivity index (χ3v) is 7.20. The molecule has 0 radical (unpaired) electrons. The molecular formula is C18H21NS. The summed E-state index contributed by atoms with van der Waals surface area (Å²) in [5.74, 6) is 4.23. The van der Waals surface area contributed by atoms with Crippen molar-refractivity contribution < 1.29 is 0 Å². The summed E-state index contributed by atoms with van der Waals surface area (Å²) >= 11 is 2.22. The van der Waals surface area contributed by atoms with E-state index in [1.54, 1.807) is 0 Å². The maximum atomic E-state index is 8.86. The second-order valence-electron chi connectivity index (χ2n) is 7.20. The fraction of sp³-hybridized carbons (Fsp3) is 0.611. The average molecular weight is 283 g/mol. The van der Waals surface area contributed by atoms with E-state index in [-0.39, 0.29) is 0 Å². The molecule has 0 saturated heterocycles. The molecule has 4 bridgehead atoms. The Hall–Kier alpha value is -0.940. The lowest BCUT2D eigenvalue weighted by Gasteiger charge is -2.56. The summed E-state index contributed by atoms with van der Waals surface area (Å²) < 4.78 is 0.600. The van der Waals surface area contributed by atoms with Crippen LogP contribution >= 0.6 is 11.8 Å². The molecule has 4 aliphatic rings. The summed E-state index contributed by atoms with van der Waals surface area (Å²) in [5, 5.41) is 8.86. The lowest BCUT2D eigenvalue weighted by atomic mass is 9.56. The van der Waals surface area contributed by atoms with Crippen molar-refractivity contribution in [3.63, 3.8) is 0 Å². The maximum Gasteiger partial charge on any atom is 0.0991 e. The third kappa shape index (κ3) is 2.27. The Labute approximate surface area is 125 Å². The van der Waals surface area contributed by atoms with Crippen molar-refractivity contribution in [1.29, 1.82) is 5.26 Å². The Bertz CT molecular complexity index is 504. The smallest absolute Gasteiger partial charge is 0.0991 e. The van der Waals surface area contributed by atoms with E-state index >= 15 is 0 Å². The van der Waals surface area contributed by atoms with Crippen molar-refractivity contribution >= 4 is 11.8 Å². The van der Waals surface area contributed by atoms with Gasteiger partial charge in [0.15, 0.2) is 0 Å². The number of hydrogen-bond donors (Lipinski definition) is 0. The molecular weight excluding hydrogens is 262 g/mol. The summed E-state index contributed by atoms with van der Waals surface area (Å²) in [6.45, 7) is 0. The van der Waals surface area contributed by atoms with E-state index in [2.05, 4.69) is 30.0 Å². The molecule has 5 rings (SSSR count). The van der Waals surface area contributed by atoms with Gasteiger partial charge in [-0.1, -0.05) is 12.1 Å². The van der Waals surface area contributed by atoms with Crippen LogP contribution in [0.1, 0.15) is 49.7 Å². The van der Waals surface area contributed by atoms with E-state index < -0.39 is 0 Å². The monoisotopic (exact) mass is 283 g/mol. The first-order chi connectivity index (χ1) is 9.75. The molecule has 0 heterocycles. The fourth-order valence-electron chi connectivity index (χ4n) is 5.12. The fourth-order valence-corrected chi connectivity index (χ4v) is 6.85. The highest BCUT2D eigenvalue weighted by Crippen LogP contribution is 2.60. The number of nitriles is 1. The van der Waals surface area contributed by atoms with Crippen LogP contribution in [0, 0.1) is 29.1 Å². The molecule has 4 fully saturated rings. The largest absolute Gasteiger partial charge is 0.192 e. The van der Waals surface area contributed by atoms with E-state index in [0.717, 1.165) is 29.1 Å². The van der Waals surface area contributed by atoms with Crippen LogP contribution in [0.4, 0.5) is 0 Å². The van der Waals surface area contributed by atoms with E-state index in [0.29, 0.717) is 4.75 Å². The van der Waals surface area contributed by atoms with Crippen LogP contribution in [-0.4, -0.2) is 4.75 Å². The van der Waals surface area contributed by atoms with Gasteiger partial charge in [-0.05, 0) is 74.0 Å². The summed E-state index contributed by atoms with van der Waals surface area (Å²) in [7, 11) is 0. The van der Waals surface area contributed by atoms with E-state index in [1.165, 1.54) is 44.1 Å².